The van der Waals surface area contributed by atoms with Gasteiger partial charge in [0.05, 0.1) is 11.0 Å². The van der Waals surface area contributed by atoms with Gasteiger partial charge in [-0.25, -0.2) is 9.78 Å². The van der Waals surface area contributed by atoms with E-state index in [4.69, 9.17) is 4.84 Å². The monoisotopic (exact) mass is 492 g/mol. The third kappa shape index (κ3) is 4.13. The third-order valence-corrected chi connectivity index (χ3v) is 9.30. The number of aromatic nitrogens is 2. The van der Waals surface area contributed by atoms with Gasteiger partial charge in [-0.3, -0.25) is 9.69 Å². The van der Waals surface area contributed by atoms with Crippen LogP contribution in [0.3, 0.4) is 0 Å². The van der Waals surface area contributed by atoms with Crippen molar-refractivity contribution in [2.24, 2.45) is 17.0 Å². The number of hydrogen-bond acceptors (Lipinski definition) is 6. The minimum atomic E-state index is -1.32. The van der Waals surface area contributed by atoms with Gasteiger partial charge in [0.2, 0.25) is 5.71 Å². The molecule has 5 atom stereocenters. The molecule has 2 aliphatic carbocycles. The molecule has 4 aliphatic rings. The van der Waals surface area contributed by atoms with E-state index >= 15 is 0 Å². The van der Waals surface area contributed by atoms with Crippen molar-refractivity contribution in [3.63, 3.8) is 0 Å². The second-order valence-corrected chi connectivity index (χ2v) is 11.4. The lowest BCUT2D eigenvalue weighted by molar-refractivity contribution is -0.129. The number of fused-ring (bicyclic) bond motifs is 5. The van der Waals surface area contributed by atoms with E-state index in [0.717, 1.165) is 30.2 Å². The zero-order chi connectivity index (χ0) is 24.8. The van der Waals surface area contributed by atoms with E-state index in [9.17, 15) is 14.7 Å². The zero-order valence-corrected chi connectivity index (χ0v) is 21.0. The normalized spacial score (nSPS) is 32.9. The van der Waals surface area contributed by atoms with Crippen LogP contribution in [0.25, 0.3) is 11.0 Å². The molecule has 0 radical (unpaired) electrons. The van der Waals surface area contributed by atoms with Crippen LogP contribution in [0.1, 0.15) is 82.4 Å². The van der Waals surface area contributed by atoms with Crippen LogP contribution in [0.15, 0.2) is 34.2 Å². The van der Waals surface area contributed by atoms with Crippen LogP contribution in [0, 0.1) is 11.8 Å². The van der Waals surface area contributed by atoms with Crippen molar-refractivity contribution in [1.29, 1.82) is 0 Å². The second kappa shape index (κ2) is 9.61. The van der Waals surface area contributed by atoms with Gasteiger partial charge in [-0.2, -0.15) is 0 Å². The molecule has 2 aliphatic heterocycles. The quantitative estimate of drug-likeness (QED) is 0.492. The van der Waals surface area contributed by atoms with Gasteiger partial charge in [0, 0.05) is 24.2 Å². The minimum Gasteiger partial charge on any atom is -0.476 e. The zero-order valence-electron chi connectivity index (χ0n) is 21.0. The summed E-state index contributed by atoms with van der Waals surface area (Å²) in [5, 5.41) is 13.4. The number of carboxylic acids is 1. The van der Waals surface area contributed by atoms with Gasteiger partial charge in [-0.05, 0) is 68.9 Å². The molecule has 2 aromatic rings. The Labute approximate surface area is 211 Å². The summed E-state index contributed by atoms with van der Waals surface area (Å²) in [7, 11) is 1.28. The van der Waals surface area contributed by atoms with Crippen molar-refractivity contribution in [2.75, 3.05) is 7.11 Å². The number of carbonyl (C=O) groups is 1. The van der Waals surface area contributed by atoms with Crippen molar-refractivity contribution < 1.29 is 14.7 Å². The summed E-state index contributed by atoms with van der Waals surface area (Å²) in [6.45, 7) is 0. The van der Waals surface area contributed by atoms with Crippen LogP contribution in [-0.2, 0) is 9.63 Å². The molecule has 4 bridgehead atoms. The predicted octanol–water partition coefficient (Wildman–Crippen LogP) is 4.36. The number of rotatable bonds is 5. The summed E-state index contributed by atoms with van der Waals surface area (Å²) in [4.78, 5) is 37.8. The largest absolute Gasteiger partial charge is 0.476 e. The van der Waals surface area contributed by atoms with Crippen molar-refractivity contribution in [3.05, 3.63) is 40.3 Å². The maximum atomic E-state index is 13.8. The highest BCUT2D eigenvalue weighted by Gasteiger charge is 2.45. The Morgan fingerprint density at radius 1 is 0.944 bits per heavy atom. The van der Waals surface area contributed by atoms with Crippen LogP contribution < -0.4 is 5.56 Å². The first-order valence-corrected chi connectivity index (χ1v) is 13.7. The van der Waals surface area contributed by atoms with Crippen LogP contribution in [0.4, 0.5) is 0 Å². The predicted molar refractivity (Wildman–Crippen MR) is 137 cm³/mol. The highest BCUT2D eigenvalue weighted by molar-refractivity contribution is 6.41. The fraction of sp³-hybridized carbons (Fsp3) is 0.643. The van der Waals surface area contributed by atoms with E-state index in [2.05, 4.69) is 15.0 Å². The molecule has 6 rings (SSSR count). The van der Waals surface area contributed by atoms with Gasteiger partial charge in [0.25, 0.3) is 5.56 Å². The molecule has 1 aromatic carbocycles. The van der Waals surface area contributed by atoms with E-state index in [-0.39, 0.29) is 11.7 Å². The van der Waals surface area contributed by atoms with Gasteiger partial charge in [0.15, 0.2) is 5.69 Å². The van der Waals surface area contributed by atoms with Crippen molar-refractivity contribution in [2.45, 2.75) is 94.8 Å². The van der Waals surface area contributed by atoms with Gasteiger partial charge in [-0.15, -0.1) is 0 Å². The smallest absolute Gasteiger partial charge is 0.360 e. The highest BCUT2D eigenvalue weighted by Crippen LogP contribution is 2.47. The Morgan fingerprint density at radius 2 is 1.61 bits per heavy atom. The van der Waals surface area contributed by atoms with Crippen molar-refractivity contribution in [3.8, 4) is 0 Å². The maximum Gasteiger partial charge on any atom is 0.360 e. The lowest BCUT2D eigenvalue weighted by Gasteiger charge is -2.55. The van der Waals surface area contributed by atoms with E-state index in [1.165, 1.54) is 64.9 Å². The third-order valence-electron chi connectivity index (χ3n) is 9.30. The summed E-state index contributed by atoms with van der Waals surface area (Å²) in [5.74, 6) is 0.465. The maximum absolute atomic E-state index is 13.8. The first kappa shape index (κ1) is 23.6. The molecule has 1 aromatic heterocycles. The van der Waals surface area contributed by atoms with E-state index < -0.39 is 17.2 Å². The topological polar surface area (TPSA) is 97.0 Å². The Bertz CT molecular complexity index is 1210. The number of hydrogen-bond donors (Lipinski definition) is 1. The molecule has 8 nitrogen and oxygen atoms in total. The summed E-state index contributed by atoms with van der Waals surface area (Å²) in [6, 6.07) is 9.16. The standard InChI is InChI=1S/C28H36N4O4/c1-36-30-26(28(34)35)25-27(33)32(24-11-3-2-10-23(24)29-25)22-15-19-8-5-9-20(16-22)31(19)21-13-17-6-4-7-18(12-17)14-21/h2-3,10-11,17-22H,4-9,12-16H2,1H3,(H,34,35)/t17?,18?,19-,20+,21?,22?. The number of piperidine rings is 2. The molecule has 8 heteroatoms. The van der Waals surface area contributed by atoms with Gasteiger partial charge < -0.3 is 14.5 Å². The SMILES string of the molecule is CON=C(C(=O)O)c1nc2ccccc2n(C2C[C@H]3CCC[C@@H](C2)N3C2CC3CCCC(C3)C2)c1=O. The number of aliphatic carboxylic acids is 1. The van der Waals surface area contributed by atoms with Crippen LogP contribution in [0.2, 0.25) is 0 Å². The number of para-hydroxylation sites is 2. The van der Waals surface area contributed by atoms with Crippen LogP contribution in [-0.4, -0.2) is 56.5 Å². The number of carboxylic acid groups (broad SMARTS) is 1. The Morgan fingerprint density at radius 3 is 2.28 bits per heavy atom. The van der Waals surface area contributed by atoms with Crippen molar-refractivity contribution >= 4 is 22.7 Å². The molecule has 2 saturated carbocycles. The average molecular weight is 493 g/mol. The fourth-order valence-corrected chi connectivity index (χ4v) is 8.08. The van der Waals surface area contributed by atoms with E-state index in [1.54, 1.807) is 0 Å². The summed E-state index contributed by atoms with van der Waals surface area (Å²) in [6.07, 6.45) is 13.7. The fourth-order valence-electron chi connectivity index (χ4n) is 8.08. The van der Waals surface area contributed by atoms with Crippen LogP contribution >= 0.6 is 0 Å². The molecule has 1 N–H and O–H groups in total. The van der Waals surface area contributed by atoms with Crippen molar-refractivity contribution in [1.82, 2.24) is 14.5 Å². The molecule has 0 amide bonds. The lowest BCUT2D eigenvalue weighted by atomic mass is 9.68. The van der Waals surface area contributed by atoms with Crippen LogP contribution in [0.5, 0.6) is 0 Å². The highest BCUT2D eigenvalue weighted by atomic mass is 16.6. The lowest BCUT2D eigenvalue weighted by Crippen LogP contribution is -2.58. The molecule has 0 spiro atoms. The van der Waals surface area contributed by atoms with Gasteiger partial charge >= 0.3 is 5.97 Å². The average Bonchev–Trinajstić information content (AvgIpc) is 2.86. The summed E-state index contributed by atoms with van der Waals surface area (Å²) >= 11 is 0. The number of nitrogens with zero attached hydrogens (tertiary/aromatic N) is 4. The van der Waals surface area contributed by atoms with E-state index in [1.807, 2.05) is 28.8 Å². The first-order chi connectivity index (χ1) is 17.5. The first-order valence-electron chi connectivity index (χ1n) is 13.7. The summed E-state index contributed by atoms with van der Waals surface area (Å²) in [5.41, 5.74) is 0.363. The molecule has 36 heavy (non-hydrogen) atoms. The minimum absolute atomic E-state index is 0.0105. The van der Waals surface area contributed by atoms with E-state index in [0.29, 0.717) is 23.6 Å². The van der Waals surface area contributed by atoms with Gasteiger partial charge in [0.1, 0.15) is 7.11 Å². The number of benzene rings is 1. The summed E-state index contributed by atoms with van der Waals surface area (Å²) < 4.78 is 1.82. The molecule has 2 saturated heterocycles. The molecule has 3 heterocycles. The Hall–Kier alpha value is -2.74. The second-order valence-electron chi connectivity index (χ2n) is 11.4. The molecule has 3 unspecified atom stereocenters. The number of oxime groups is 1. The Kier molecular flexibility index (Phi) is 6.32. The molecular formula is C28H36N4O4. The molecule has 192 valence electrons. The molecule has 4 fully saturated rings. The van der Waals surface area contributed by atoms with Gasteiger partial charge in [-0.1, -0.05) is 43.0 Å². The molecular weight excluding hydrogens is 456 g/mol. The Balaban J connectivity index is 1.37.